The van der Waals surface area contributed by atoms with Gasteiger partial charge in [0.25, 0.3) is 0 Å². The van der Waals surface area contributed by atoms with Gasteiger partial charge in [-0.1, -0.05) is 154 Å². The van der Waals surface area contributed by atoms with Crippen LogP contribution in [-0.4, -0.2) is 4.57 Å². The van der Waals surface area contributed by atoms with Crippen LogP contribution in [0.25, 0.3) is 71.3 Å². The zero-order valence-corrected chi connectivity index (χ0v) is 31.9. The number of nitrogens with zero attached hydrogens (tertiary/aromatic N) is 2. The van der Waals surface area contributed by atoms with Gasteiger partial charge >= 0.3 is 0 Å². The highest BCUT2D eigenvalue weighted by atomic mass is 15.1. The van der Waals surface area contributed by atoms with E-state index in [1.165, 1.54) is 71.2 Å². The molecule has 0 spiro atoms. The molecular formula is C54H42N2. The minimum absolute atomic E-state index is 0.0238. The van der Waals surface area contributed by atoms with Crippen molar-refractivity contribution in [3.05, 3.63) is 206 Å². The molecule has 2 nitrogen and oxygen atoms in total. The first kappa shape index (κ1) is 33.7. The summed E-state index contributed by atoms with van der Waals surface area (Å²) in [6.07, 6.45) is 0. The smallest absolute Gasteiger partial charge is 0.0542 e. The number of fused-ring (bicyclic) bond motifs is 5. The van der Waals surface area contributed by atoms with E-state index in [1.807, 2.05) is 0 Å². The number of rotatable bonds is 6. The van der Waals surface area contributed by atoms with Gasteiger partial charge in [0.1, 0.15) is 0 Å². The summed E-state index contributed by atoms with van der Waals surface area (Å²) in [5.41, 5.74) is 13.3. The maximum atomic E-state index is 2.43. The average molecular weight is 719 g/mol. The Morgan fingerprint density at radius 3 is 1.54 bits per heavy atom. The van der Waals surface area contributed by atoms with Crippen LogP contribution in [0, 0.1) is 0 Å². The van der Waals surface area contributed by atoms with Gasteiger partial charge in [-0.25, -0.2) is 0 Å². The van der Waals surface area contributed by atoms with Crippen LogP contribution in [0.1, 0.15) is 26.3 Å². The lowest BCUT2D eigenvalue weighted by atomic mass is 9.81. The summed E-state index contributed by atoms with van der Waals surface area (Å²) in [4.78, 5) is 2.38. The minimum Gasteiger partial charge on any atom is -0.310 e. The van der Waals surface area contributed by atoms with Gasteiger partial charge in [-0.3, -0.25) is 0 Å². The molecule has 268 valence electrons. The fourth-order valence-corrected chi connectivity index (χ4v) is 8.63. The lowest BCUT2D eigenvalue weighted by Crippen LogP contribution is -2.10. The standard InChI is InChI=1S/C54H42N2/c1-54(2,3)39-29-33-47-49(35-39)53(37-17-7-4-8-18-37)46-25-14-13-24-45(46)52(47)38-27-30-42(31-28-38)55(40-19-9-5-10-20-40)43-32-34-51-48(36-43)44-23-15-16-26-50(44)56(51)41-21-11-6-12-22-41/h4-36H,1-3H3. The van der Waals surface area contributed by atoms with Gasteiger partial charge in [0.05, 0.1) is 11.0 Å². The van der Waals surface area contributed by atoms with Crippen molar-refractivity contribution < 1.29 is 0 Å². The molecule has 0 aliphatic heterocycles. The first-order valence-electron chi connectivity index (χ1n) is 19.5. The monoisotopic (exact) mass is 718 g/mol. The normalized spacial score (nSPS) is 11.8. The van der Waals surface area contributed by atoms with E-state index in [9.17, 15) is 0 Å². The number of benzene rings is 9. The van der Waals surface area contributed by atoms with Crippen LogP contribution >= 0.6 is 0 Å². The summed E-state index contributed by atoms with van der Waals surface area (Å²) < 4.78 is 2.37. The van der Waals surface area contributed by atoms with E-state index in [0.717, 1.165) is 22.7 Å². The maximum Gasteiger partial charge on any atom is 0.0542 e. The molecule has 0 N–H and O–H groups in total. The Morgan fingerprint density at radius 2 is 0.857 bits per heavy atom. The molecule has 0 unspecified atom stereocenters. The van der Waals surface area contributed by atoms with E-state index in [2.05, 4.69) is 230 Å². The maximum absolute atomic E-state index is 2.43. The van der Waals surface area contributed by atoms with Crippen LogP contribution in [0.2, 0.25) is 0 Å². The summed E-state index contributed by atoms with van der Waals surface area (Å²) in [6, 6.07) is 73.1. The van der Waals surface area contributed by atoms with Crippen LogP contribution in [0.15, 0.2) is 200 Å². The highest BCUT2D eigenvalue weighted by Gasteiger charge is 2.22. The van der Waals surface area contributed by atoms with Crippen molar-refractivity contribution in [2.24, 2.45) is 0 Å². The molecule has 0 saturated carbocycles. The summed E-state index contributed by atoms with van der Waals surface area (Å²) in [5, 5.41) is 7.55. The van der Waals surface area contributed by atoms with Crippen molar-refractivity contribution in [2.75, 3.05) is 4.90 Å². The lowest BCUT2D eigenvalue weighted by Gasteiger charge is -2.26. The molecule has 0 atom stereocenters. The zero-order chi connectivity index (χ0) is 37.8. The van der Waals surface area contributed by atoms with Gasteiger partial charge in [-0.15, -0.1) is 0 Å². The van der Waals surface area contributed by atoms with E-state index in [0.29, 0.717) is 0 Å². The Balaban J connectivity index is 1.16. The topological polar surface area (TPSA) is 8.17 Å². The minimum atomic E-state index is 0.0238. The molecule has 0 radical (unpaired) electrons. The molecule has 1 aromatic heterocycles. The highest BCUT2D eigenvalue weighted by Crippen LogP contribution is 2.46. The quantitative estimate of drug-likeness (QED) is 0.155. The van der Waals surface area contributed by atoms with Crippen molar-refractivity contribution in [3.63, 3.8) is 0 Å². The van der Waals surface area contributed by atoms with Gasteiger partial charge < -0.3 is 9.47 Å². The molecule has 10 rings (SSSR count). The van der Waals surface area contributed by atoms with E-state index < -0.39 is 0 Å². The number of hydrogen-bond donors (Lipinski definition) is 0. The summed E-state index contributed by atoms with van der Waals surface area (Å²) in [5.74, 6) is 0. The Morgan fingerprint density at radius 1 is 0.357 bits per heavy atom. The Kier molecular flexibility index (Phi) is 8.08. The van der Waals surface area contributed by atoms with Gasteiger partial charge in [0.2, 0.25) is 0 Å². The second-order valence-electron chi connectivity index (χ2n) is 15.8. The Labute approximate surface area is 328 Å². The SMILES string of the molecule is CC(C)(C)c1ccc2c(-c3ccc(N(c4ccccc4)c4ccc5c(c4)c4ccccc4n5-c4ccccc4)cc3)c3ccccc3c(-c3ccccc3)c2c1. The molecule has 56 heavy (non-hydrogen) atoms. The van der Waals surface area contributed by atoms with E-state index >= 15 is 0 Å². The van der Waals surface area contributed by atoms with E-state index in [4.69, 9.17) is 0 Å². The number of para-hydroxylation sites is 3. The zero-order valence-electron chi connectivity index (χ0n) is 31.9. The van der Waals surface area contributed by atoms with Crippen LogP contribution in [0.3, 0.4) is 0 Å². The van der Waals surface area contributed by atoms with E-state index in [1.54, 1.807) is 0 Å². The third-order valence-electron chi connectivity index (χ3n) is 11.3. The van der Waals surface area contributed by atoms with Gasteiger partial charge in [0, 0.05) is 33.5 Å². The Hall–Kier alpha value is -6.90. The summed E-state index contributed by atoms with van der Waals surface area (Å²) >= 11 is 0. The third-order valence-corrected chi connectivity index (χ3v) is 11.3. The molecule has 9 aromatic carbocycles. The van der Waals surface area contributed by atoms with Crippen molar-refractivity contribution in [1.29, 1.82) is 0 Å². The Bertz CT molecular complexity index is 3030. The predicted molar refractivity (Wildman–Crippen MR) is 240 cm³/mol. The molecule has 10 aromatic rings. The van der Waals surface area contributed by atoms with Crippen LogP contribution < -0.4 is 4.90 Å². The molecule has 0 fully saturated rings. The lowest BCUT2D eigenvalue weighted by molar-refractivity contribution is 0.591. The van der Waals surface area contributed by atoms with Crippen molar-refractivity contribution in [2.45, 2.75) is 26.2 Å². The second-order valence-corrected chi connectivity index (χ2v) is 15.8. The van der Waals surface area contributed by atoms with Gasteiger partial charge in [0.15, 0.2) is 0 Å². The predicted octanol–water partition coefficient (Wildman–Crippen LogP) is 15.2. The fourth-order valence-electron chi connectivity index (χ4n) is 8.63. The van der Waals surface area contributed by atoms with Gasteiger partial charge in [-0.2, -0.15) is 0 Å². The summed E-state index contributed by atoms with van der Waals surface area (Å²) in [6.45, 7) is 6.90. The fraction of sp³-hybridized carbons (Fsp3) is 0.0741. The van der Waals surface area contributed by atoms with E-state index in [-0.39, 0.29) is 5.41 Å². The first-order chi connectivity index (χ1) is 27.4. The largest absolute Gasteiger partial charge is 0.310 e. The highest BCUT2D eigenvalue weighted by molar-refractivity contribution is 6.21. The van der Waals surface area contributed by atoms with Crippen molar-refractivity contribution >= 4 is 60.4 Å². The summed E-state index contributed by atoms with van der Waals surface area (Å²) in [7, 11) is 0. The average Bonchev–Trinajstić information content (AvgIpc) is 3.57. The molecule has 0 saturated heterocycles. The van der Waals surface area contributed by atoms with Crippen LogP contribution in [0.4, 0.5) is 17.1 Å². The number of anilines is 3. The second kappa shape index (κ2) is 13.4. The molecule has 0 aliphatic carbocycles. The molecular weight excluding hydrogens is 677 g/mol. The molecule has 0 aliphatic rings. The van der Waals surface area contributed by atoms with Gasteiger partial charge in [-0.05, 0) is 122 Å². The number of aromatic nitrogens is 1. The third kappa shape index (κ3) is 5.65. The first-order valence-corrected chi connectivity index (χ1v) is 19.5. The van der Waals surface area contributed by atoms with Crippen molar-refractivity contribution in [1.82, 2.24) is 4.57 Å². The van der Waals surface area contributed by atoms with Crippen LogP contribution in [0.5, 0.6) is 0 Å². The molecule has 0 bridgehead atoms. The molecule has 1 heterocycles. The number of hydrogen-bond acceptors (Lipinski definition) is 1. The van der Waals surface area contributed by atoms with Crippen LogP contribution in [-0.2, 0) is 5.41 Å². The molecule has 0 amide bonds. The molecule has 2 heteroatoms. The van der Waals surface area contributed by atoms with Crippen molar-refractivity contribution in [3.8, 4) is 27.9 Å².